The Morgan fingerprint density at radius 1 is 1.39 bits per heavy atom. The van der Waals surface area contributed by atoms with E-state index < -0.39 is 18.0 Å². The van der Waals surface area contributed by atoms with Crippen LogP contribution in [0, 0.1) is 6.92 Å². The fraction of sp³-hybridized carbons (Fsp3) is 0.385. The molecule has 2 amide bonds. The minimum Gasteiger partial charge on any atom is -0.480 e. The van der Waals surface area contributed by atoms with Gasteiger partial charge in [0.15, 0.2) is 0 Å². The molecule has 0 radical (unpaired) electrons. The first-order valence-electron chi connectivity index (χ1n) is 5.83. The molecule has 5 heteroatoms. The van der Waals surface area contributed by atoms with Crippen molar-refractivity contribution in [3.63, 3.8) is 0 Å². The van der Waals surface area contributed by atoms with Crippen molar-refractivity contribution in [2.45, 2.75) is 26.8 Å². The molecule has 0 unspecified atom stereocenters. The molecule has 0 spiro atoms. The Morgan fingerprint density at radius 3 is 2.50 bits per heavy atom. The second kappa shape index (κ2) is 6.05. The lowest BCUT2D eigenvalue weighted by Crippen LogP contribution is -2.47. The predicted octanol–water partition coefficient (Wildman–Crippen LogP) is 2.00. The van der Waals surface area contributed by atoms with Crippen LogP contribution in [0.1, 0.15) is 19.4 Å². The third-order valence-corrected chi connectivity index (χ3v) is 2.68. The number of hydrogen-bond acceptors (Lipinski definition) is 2. The van der Waals surface area contributed by atoms with Crippen molar-refractivity contribution in [2.24, 2.45) is 0 Å². The number of carbonyl (C=O) groups excluding carboxylic acids is 1. The lowest BCUT2D eigenvalue weighted by Gasteiger charge is -2.24. The van der Waals surface area contributed by atoms with Crippen molar-refractivity contribution in [3.8, 4) is 0 Å². The van der Waals surface area contributed by atoms with Crippen molar-refractivity contribution >= 4 is 17.7 Å². The molecule has 1 aromatic carbocycles. The minimum atomic E-state index is -1.05. The van der Waals surface area contributed by atoms with E-state index >= 15 is 0 Å². The Hall–Kier alpha value is -2.04. The summed E-state index contributed by atoms with van der Waals surface area (Å²) in [6, 6.07) is 6.18. The van der Waals surface area contributed by atoms with Crippen LogP contribution < -0.4 is 10.2 Å². The summed E-state index contributed by atoms with van der Waals surface area (Å²) in [6.07, 6.45) is 0. The van der Waals surface area contributed by atoms with Crippen LogP contribution in [0.25, 0.3) is 0 Å². The molecule has 0 heterocycles. The largest absolute Gasteiger partial charge is 0.480 e. The van der Waals surface area contributed by atoms with Crippen molar-refractivity contribution in [3.05, 3.63) is 29.8 Å². The number of para-hydroxylation sites is 1. The van der Waals surface area contributed by atoms with E-state index in [-0.39, 0.29) is 0 Å². The summed E-state index contributed by atoms with van der Waals surface area (Å²) in [7, 11) is 0. The molecule has 1 atom stereocenters. The summed E-state index contributed by atoms with van der Waals surface area (Å²) in [5, 5.41) is 11.2. The lowest BCUT2D eigenvalue weighted by molar-refractivity contribution is -0.138. The third-order valence-electron chi connectivity index (χ3n) is 2.68. The van der Waals surface area contributed by atoms with Gasteiger partial charge in [0.25, 0.3) is 0 Å². The number of nitrogens with zero attached hydrogens (tertiary/aromatic N) is 1. The van der Waals surface area contributed by atoms with E-state index in [0.717, 1.165) is 11.3 Å². The molecular formula is C13H18N2O3. The van der Waals surface area contributed by atoms with Crippen molar-refractivity contribution in [1.82, 2.24) is 5.32 Å². The highest BCUT2D eigenvalue weighted by Crippen LogP contribution is 2.19. The minimum absolute atomic E-state index is 0.401. The summed E-state index contributed by atoms with van der Waals surface area (Å²) in [6.45, 7) is 5.66. The molecule has 0 bridgehead atoms. The number of carboxylic acid groups (broad SMARTS) is 1. The molecule has 0 aliphatic carbocycles. The molecule has 0 saturated heterocycles. The highest BCUT2D eigenvalue weighted by molar-refractivity contribution is 5.94. The number of aliphatic carboxylic acids is 1. The zero-order chi connectivity index (χ0) is 13.7. The van der Waals surface area contributed by atoms with Gasteiger partial charge in [-0.2, -0.15) is 0 Å². The summed E-state index contributed by atoms with van der Waals surface area (Å²) in [5.74, 6) is -1.05. The van der Waals surface area contributed by atoms with Crippen LogP contribution in [-0.4, -0.2) is 29.7 Å². The molecular weight excluding hydrogens is 232 g/mol. The van der Waals surface area contributed by atoms with Gasteiger partial charge in [-0.1, -0.05) is 18.2 Å². The van der Waals surface area contributed by atoms with Crippen LogP contribution >= 0.6 is 0 Å². The number of urea groups is 1. The van der Waals surface area contributed by atoms with Crippen LogP contribution in [0.3, 0.4) is 0 Å². The molecule has 0 aliphatic rings. The second-order valence-electron chi connectivity index (χ2n) is 4.04. The quantitative estimate of drug-likeness (QED) is 0.858. The van der Waals surface area contributed by atoms with E-state index in [0.29, 0.717) is 6.54 Å². The van der Waals surface area contributed by atoms with Crippen molar-refractivity contribution in [1.29, 1.82) is 0 Å². The Kier molecular flexibility index (Phi) is 4.71. The SMILES string of the molecule is CCN(C(=O)N[C@@H](C)C(=O)O)c1ccccc1C. The lowest BCUT2D eigenvalue weighted by atomic mass is 10.2. The molecule has 18 heavy (non-hydrogen) atoms. The highest BCUT2D eigenvalue weighted by atomic mass is 16.4. The number of carboxylic acids is 1. The van der Waals surface area contributed by atoms with Gasteiger partial charge in [-0.3, -0.25) is 9.69 Å². The number of amides is 2. The summed E-state index contributed by atoms with van der Waals surface area (Å²) in [4.78, 5) is 24.2. The first-order chi connectivity index (χ1) is 8.47. The van der Waals surface area contributed by atoms with Crippen LogP contribution in [0.15, 0.2) is 24.3 Å². The van der Waals surface area contributed by atoms with E-state index in [1.807, 2.05) is 38.1 Å². The molecule has 5 nitrogen and oxygen atoms in total. The molecule has 1 aromatic rings. The van der Waals surface area contributed by atoms with Crippen LogP contribution in [0.2, 0.25) is 0 Å². The Balaban J connectivity index is 2.87. The maximum Gasteiger partial charge on any atom is 0.325 e. The standard InChI is InChI=1S/C13H18N2O3/c1-4-15(11-8-6-5-7-9(11)2)13(18)14-10(3)12(16)17/h5-8,10H,4H2,1-3H3,(H,14,18)(H,16,17)/t10-/m0/s1. The van der Waals surface area contributed by atoms with Crippen LogP contribution in [0.4, 0.5) is 10.5 Å². The summed E-state index contributed by atoms with van der Waals surface area (Å²) in [5.41, 5.74) is 1.76. The first-order valence-corrected chi connectivity index (χ1v) is 5.83. The number of anilines is 1. The molecule has 0 fully saturated rings. The van der Waals surface area contributed by atoms with Gasteiger partial charge in [0.2, 0.25) is 0 Å². The molecule has 0 aliphatic heterocycles. The number of carbonyl (C=O) groups is 2. The number of hydrogen-bond donors (Lipinski definition) is 2. The van der Waals surface area contributed by atoms with Crippen molar-refractivity contribution in [2.75, 3.05) is 11.4 Å². The van der Waals surface area contributed by atoms with Gasteiger partial charge in [0.1, 0.15) is 6.04 Å². The van der Waals surface area contributed by atoms with E-state index in [1.165, 1.54) is 11.8 Å². The van der Waals surface area contributed by atoms with Gasteiger partial charge in [0.05, 0.1) is 0 Å². The third kappa shape index (κ3) is 3.23. The maximum absolute atomic E-state index is 12.0. The van der Waals surface area contributed by atoms with Gasteiger partial charge in [-0.15, -0.1) is 0 Å². The Labute approximate surface area is 106 Å². The summed E-state index contributed by atoms with van der Waals surface area (Å²) < 4.78 is 0. The predicted molar refractivity (Wildman–Crippen MR) is 69.8 cm³/mol. The Bertz CT molecular complexity index is 446. The number of rotatable bonds is 4. The molecule has 0 saturated carbocycles. The van der Waals surface area contributed by atoms with Gasteiger partial charge in [-0.25, -0.2) is 4.79 Å². The van der Waals surface area contributed by atoms with Gasteiger partial charge >= 0.3 is 12.0 Å². The molecule has 0 aromatic heterocycles. The van der Waals surface area contributed by atoms with Crippen LogP contribution in [-0.2, 0) is 4.79 Å². The number of nitrogens with one attached hydrogen (secondary N) is 1. The first kappa shape index (κ1) is 14.0. The highest BCUT2D eigenvalue weighted by Gasteiger charge is 2.20. The van der Waals surface area contributed by atoms with Crippen molar-refractivity contribution < 1.29 is 14.7 Å². The van der Waals surface area contributed by atoms with Gasteiger partial charge in [-0.05, 0) is 32.4 Å². The topological polar surface area (TPSA) is 69.6 Å². The normalized spacial score (nSPS) is 11.7. The molecule has 1 rings (SSSR count). The maximum atomic E-state index is 12.0. The fourth-order valence-electron chi connectivity index (χ4n) is 1.61. The van der Waals surface area contributed by atoms with Gasteiger partial charge in [0, 0.05) is 12.2 Å². The fourth-order valence-corrected chi connectivity index (χ4v) is 1.61. The average Bonchev–Trinajstić information content (AvgIpc) is 2.32. The monoisotopic (exact) mass is 250 g/mol. The van der Waals surface area contributed by atoms with E-state index in [9.17, 15) is 9.59 Å². The molecule has 2 N–H and O–H groups in total. The number of aryl methyl sites for hydroxylation is 1. The summed E-state index contributed by atoms with van der Waals surface area (Å²) >= 11 is 0. The van der Waals surface area contributed by atoms with E-state index in [4.69, 9.17) is 5.11 Å². The zero-order valence-corrected chi connectivity index (χ0v) is 10.8. The smallest absolute Gasteiger partial charge is 0.325 e. The van der Waals surface area contributed by atoms with Crippen LogP contribution in [0.5, 0.6) is 0 Å². The number of benzene rings is 1. The molecule has 98 valence electrons. The zero-order valence-electron chi connectivity index (χ0n) is 10.8. The van der Waals surface area contributed by atoms with E-state index in [2.05, 4.69) is 5.32 Å². The van der Waals surface area contributed by atoms with E-state index in [1.54, 1.807) is 0 Å². The Morgan fingerprint density at radius 2 is 2.00 bits per heavy atom. The second-order valence-corrected chi connectivity index (χ2v) is 4.04. The average molecular weight is 250 g/mol. The van der Waals surface area contributed by atoms with Gasteiger partial charge < -0.3 is 10.4 Å².